The largest absolute Gasteiger partial charge is 0.398 e. The van der Waals surface area contributed by atoms with E-state index >= 15 is 0 Å². The topological polar surface area (TPSA) is 50.7 Å². The number of hydrogen-bond donors (Lipinski definition) is 1. The molecule has 0 atom stereocenters. The first-order valence-electron chi connectivity index (χ1n) is 6.94. The molecular weight excluding hydrogens is 330 g/mol. The molecule has 0 radical (unpaired) electrons. The highest BCUT2D eigenvalue weighted by atomic mass is 32.2. The molecule has 0 amide bonds. The van der Waals surface area contributed by atoms with Gasteiger partial charge in [-0.25, -0.2) is 9.38 Å². The summed E-state index contributed by atoms with van der Waals surface area (Å²) in [5, 5.41) is 0. The Hall–Kier alpha value is -1.57. The van der Waals surface area contributed by atoms with Crippen molar-refractivity contribution in [3.05, 3.63) is 23.5 Å². The number of amidine groups is 1. The van der Waals surface area contributed by atoms with Gasteiger partial charge in [-0.05, 0) is 37.5 Å². The van der Waals surface area contributed by atoms with Crippen LogP contribution < -0.4 is 5.73 Å². The number of nitrogens with two attached hydrogens (primary N) is 1. The van der Waals surface area contributed by atoms with Crippen LogP contribution in [0.5, 0.6) is 0 Å². The SMILES string of the molecule is CN=CC1(C(N)=Nc2cc(SCC(F)(F)F)c(C)cc2F)CC1. The highest BCUT2D eigenvalue weighted by Gasteiger charge is 2.45. The quantitative estimate of drug-likeness (QED) is 0.374. The molecule has 2 N–H and O–H groups in total. The Balaban J connectivity index is 2.29. The fraction of sp³-hybridized carbons (Fsp3) is 0.467. The molecule has 0 unspecified atom stereocenters. The summed E-state index contributed by atoms with van der Waals surface area (Å²) in [6.07, 6.45) is -1.05. The first-order chi connectivity index (χ1) is 10.7. The molecule has 1 aliphatic rings. The van der Waals surface area contributed by atoms with Crippen LogP contribution in [0.3, 0.4) is 0 Å². The lowest BCUT2D eigenvalue weighted by atomic mass is 10.1. The van der Waals surface area contributed by atoms with Crippen LogP contribution in [0.1, 0.15) is 18.4 Å². The second-order valence-corrected chi connectivity index (χ2v) is 6.53. The molecule has 1 aromatic carbocycles. The number of halogens is 4. The number of benzene rings is 1. The van der Waals surface area contributed by atoms with E-state index in [9.17, 15) is 17.6 Å². The van der Waals surface area contributed by atoms with Gasteiger partial charge in [0.05, 0.1) is 11.2 Å². The Morgan fingerprint density at radius 1 is 1.39 bits per heavy atom. The zero-order chi connectivity index (χ0) is 17.3. The maximum Gasteiger partial charge on any atom is 0.398 e. The van der Waals surface area contributed by atoms with Gasteiger partial charge in [0.1, 0.15) is 17.3 Å². The molecule has 1 aliphatic carbocycles. The van der Waals surface area contributed by atoms with Crippen molar-refractivity contribution in [2.75, 3.05) is 12.8 Å². The normalized spacial score (nSPS) is 17.7. The van der Waals surface area contributed by atoms with E-state index in [0.717, 1.165) is 12.8 Å². The van der Waals surface area contributed by atoms with E-state index in [1.807, 2.05) is 0 Å². The van der Waals surface area contributed by atoms with E-state index in [2.05, 4.69) is 9.98 Å². The van der Waals surface area contributed by atoms with Crippen LogP contribution in [-0.2, 0) is 0 Å². The molecular formula is C15H17F4N3S. The molecule has 126 valence electrons. The highest BCUT2D eigenvalue weighted by Crippen LogP contribution is 2.45. The van der Waals surface area contributed by atoms with Crippen molar-refractivity contribution in [2.45, 2.75) is 30.8 Å². The lowest BCUT2D eigenvalue weighted by Gasteiger charge is -2.12. The van der Waals surface area contributed by atoms with Gasteiger partial charge in [0.2, 0.25) is 0 Å². The van der Waals surface area contributed by atoms with Gasteiger partial charge in [-0.1, -0.05) is 0 Å². The molecule has 1 fully saturated rings. The molecule has 23 heavy (non-hydrogen) atoms. The zero-order valence-electron chi connectivity index (χ0n) is 12.7. The Morgan fingerprint density at radius 2 is 2.04 bits per heavy atom. The number of thioether (sulfide) groups is 1. The monoisotopic (exact) mass is 347 g/mol. The zero-order valence-corrected chi connectivity index (χ0v) is 13.6. The fourth-order valence-electron chi connectivity index (χ4n) is 2.12. The Labute approximate surface area is 136 Å². The molecule has 0 heterocycles. The van der Waals surface area contributed by atoms with Crippen molar-refractivity contribution >= 4 is 29.5 Å². The lowest BCUT2D eigenvalue weighted by molar-refractivity contribution is -0.105. The molecule has 3 nitrogen and oxygen atoms in total. The minimum atomic E-state index is -4.29. The average Bonchev–Trinajstić information content (AvgIpc) is 3.21. The standard InChI is InChI=1S/C15H17F4N3S/c1-9-5-10(16)11(6-12(9)23-8-15(17,18)19)22-13(20)14(3-4-14)7-21-2/h5-7H,3-4,8H2,1-2H3,(H2,20,22). The van der Waals surface area contributed by atoms with Crippen LogP contribution in [0.2, 0.25) is 0 Å². The molecule has 0 spiro atoms. The molecule has 0 aliphatic heterocycles. The minimum Gasteiger partial charge on any atom is -0.386 e. The number of hydrogen-bond acceptors (Lipinski definition) is 3. The van der Waals surface area contributed by atoms with Gasteiger partial charge in [-0.15, -0.1) is 11.8 Å². The first-order valence-corrected chi connectivity index (χ1v) is 7.93. The lowest BCUT2D eigenvalue weighted by Crippen LogP contribution is -2.26. The second-order valence-electron chi connectivity index (χ2n) is 5.51. The Bertz CT molecular complexity index is 649. The van der Waals surface area contributed by atoms with E-state index in [0.29, 0.717) is 22.2 Å². The van der Waals surface area contributed by atoms with Gasteiger partial charge in [0.15, 0.2) is 0 Å². The maximum absolute atomic E-state index is 14.0. The summed E-state index contributed by atoms with van der Waals surface area (Å²) < 4.78 is 51.1. The minimum absolute atomic E-state index is 0.0476. The molecule has 0 aromatic heterocycles. The van der Waals surface area contributed by atoms with Crippen molar-refractivity contribution in [1.29, 1.82) is 0 Å². The van der Waals surface area contributed by atoms with Crippen molar-refractivity contribution in [2.24, 2.45) is 21.1 Å². The van der Waals surface area contributed by atoms with Crippen LogP contribution in [-0.4, -0.2) is 31.0 Å². The first kappa shape index (κ1) is 17.8. The van der Waals surface area contributed by atoms with E-state index in [1.54, 1.807) is 20.2 Å². The smallest absolute Gasteiger partial charge is 0.386 e. The Morgan fingerprint density at radius 3 is 2.57 bits per heavy atom. The van der Waals surface area contributed by atoms with Gasteiger partial charge >= 0.3 is 6.18 Å². The van der Waals surface area contributed by atoms with Gasteiger partial charge in [-0.3, -0.25) is 4.99 Å². The van der Waals surface area contributed by atoms with Crippen molar-refractivity contribution in [3.63, 3.8) is 0 Å². The summed E-state index contributed by atoms with van der Waals surface area (Å²) in [5.41, 5.74) is 5.89. The summed E-state index contributed by atoms with van der Waals surface area (Å²) in [5.74, 6) is -1.41. The number of alkyl halides is 3. The Kier molecular flexibility index (Phi) is 5.03. The van der Waals surface area contributed by atoms with Gasteiger partial charge in [-0.2, -0.15) is 13.2 Å². The van der Waals surface area contributed by atoms with Crippen LogP contribution in [0.25, 0.3) is 0 Å². The van der Waals surface area contributed by atoms with Gasteiger partial charge in [0.25, 0.3) is 0 Å². The molecule has 8 heteroatoms. The summed E-state index contributed by atoms with van der Waals surface area (Å²) in [7, 11) is 1.62. The van der Waals surface area contributed by atoms with E-state index in [-0.39, 0.29) is 11.5 Å². The molecule has 0 bridgehead atoms. The molecule has 2 rings (SSSR count). The predicted octanol–water partition coefficient (Wildman–Crippen LogP) is 4.26. The van der Waals surface area contributed by atoms with E-state index < -0.39 is 23.2 Å². The third-order valence-electron chi connectivity index (χ3n) is 3.55. The summed E-state index contributed by atoms with van der Waals surface area (Å²) in [4.78, 5) is 8.36. The maximum atomic E-state index is 14.0. The number of aryl methyl sites for hydroxylation is 1. The molecule has 1 saturated carbocycles. The van der Waals surface area contributed by atoms with Gasteiger partial charge in [0, 0.05) is 18.2 Å². The van der Waals surface area contributed by atoms with Crippen molar-refractivity contribution in [3.8, 4) is 0 Å². The summed E-state index contributed by atoms with van der Waals surface area (Å²) in [6, 6.07) is 2.49. The number of rotatable bonds is 5. The van der Waals surface area contributed by atoms with E-state index in [1.165, 1.54) is 12.1 Å². The third kappa shape index (κ3) is 4.46. The van der Waals surface area contributed by atoms with Crippen molar-refractivity contribution in [1.82, 2.24) is 0 Å². The van der Waals surface area contributed by atoms with Gasteiger partial charge < -0.3 is 5.73 Å². The fourth-order valence-corrected chi connectivity index (χ4v) is 2.92. The second kappa shape index (κ2) is 6.51. The van der Waals surface area contributed by atoms with Crippen LogP contribution in [0, 0.1) is 18.2 Å². The van der Waals surface area contributed by atoms with Crippen LogP contribution in [0.15, 0.2) is 27.0 Å². The molecule has 1 aromatic rings. The average molecular weight is 347 g/mol. The molecule has 0 saturated heterocycles. The van der Waals surface area contributed by atoms with Crippen LogP contribution >= 0.6 is 11.8 Å². The van der Waals surface area contributed by atoms with E-state index in [4.69, 9.17) is 5.73 Å². The summed E-state index contributed by atoms with van der Waals surface area (Å²) >= 11 is 0.609. The summed E-state index contributed by atoms with van der Waals surface area (Å²) in [6.45, 7) is 1.56. The number of aliphatic imine (C=N–C) groups is 2. The highest BCUT2D eigenvalue weighted by molar-refractivity contribution is 7.99. The third-order valence-corrected chi connectivity index (χ3v) is 4.77. The predicted molar refractivity (Wildman–Crippen MR) is 85.3 cm³/mol. The number of nitrogens with zero attached hydrogens (tertiary/aromatic N) is 2. The van der Waals surface area contributed by atoms with Crippen LogP contribution in [0.4, 0.5) is 23.2 Å². The van der Waals surface area contributed by atoms with Crippen molar-refractivity contribution < 1.29 is 17.6 Å².